The van der Waals surface area contributed by atoms with Gasteiger partial charge in [-0.05, 0) is 12.8 Å². The summed E-state index contributed by atoms with van der Waals surface area (Å²) in [5.41, 5.74) is 5.00. The molecule has 0 saturated carbocycles. The van der Waals surface area contributed by atoms with Crippen molar-refractivity contribution < 1.29 is 4.79 Å². The van der Waals surface area contributed by atoms with E-state index in [9.17, 15) is 4.79 Å². The van der Waals surface area contributed by atoms with Gasteiger partial charge < -0.3 is 5.73 Å². The van der Waals surface area contributed by atoms with E-state index >= 15 is 0 Å². The zero-order chi connectivity index (χ0) is 9.23. The quantitative estimate of drug-likeness (QED) is 0.491. The number of amides is 1. The van der Waals surface area contributed by atoms with Gasteiger partial charge in [0.25, 0.3) is 0 Å². The Morgan fingerprint density at radius 2 is 1.83 bits per heavy atom. The van der Waals surface area contributed by atoms with Crippen LogP contribution in [0.3, 0.4) is 0 Å². The van der Waals surface area contributed by atoms with Gasteiger partial charge in [0.2, 0.25) is 5.91 Å². The van der Waals surface area contributed by atoms with Gasteiger partial charge in [-0.3, -0.25) is 4.79 Å². The van der Waals surface area contributed by atoms with Crippen molar-refractivity contribution in [2.45, 2.75) is 32.6 Å². The third kappa shape index (κ3) is 10.2. The Morgan fingerprint density at radius 1 is 1.25 bits per heavy atom. The van der Waals surface area contributed by atoms with Crippen LogP contribution in [0.15, 0.2) is 0 Å². The average Bonchev–Trinajstić information content (AvgIpc) is 2.02. The number of hydrogen-bond donors (Lipinski definition) is 1. The van der Waals surface area contributed by atoms with Crippen molar-refractivity contribution >= 4 is 27.5 Å². The van der Waals surface area contributed by atoms with Gasteiger partial charge in [0.15, 0.2) is 0 Å². The molecule has 0 aliphatic rings. The summed E-state index contributed by atoms with van der Waals surface area (Å²) in [6.45, 7) is 2.19. The summed E-state index contributed by atoms with van der Waals surface area (Å²) in [5, 5.41) is 0. The van der Waals surface area contributed by atoms with Crippen LogP contribution in [-0.4, -0.2) is 17.4 Å². The molecule has 2 N–H and O–H groups in total. The largest absolute Gasteiger partial charge is 0.370 e. The van der Waals surface area contributed by atoms with Crippen molar-refractivity contribution in [3.05, 3.63) is 0 Å². The molecule has 0 fully saturated rings. The summed E-state index contributed by atoms with van der Waals surface area (Å²) in [7, 11) is 3.74. The van der Waals surface area contributed by atoms with Gasteiger partial charge in [-0.1, -0.05) is 34.9 Å². The van der Waals surface area contributed by atoms with Crippen molar-refractivity contribution in [1.82, 2.24) is 0 Å². The van der Waals surface area contributed by atoms with Crippen LogP contribution >= 0.6 is 21.6 Å². The van der Waals surface area contributed by atoms with E-state index in [4.69, 9.17) is 5.73 Å². The lowest BCUT2D eigenvalue weighted by molar-refractivity contribution is -0.118. The van der Waals surface area contributed by atoms with Crippen molar-refractivity contribution in [3.8, 4) is 0 Å². The van der Waals surface area contributed by atoms with Crippen molar-refractivity contribution in [1.29, 1.82) is 0 Å². The third-order valence-corrected chi connectivity index (χ3v) is 3.89. The molecule has 1 amide bonds. The van der Waals surface area contributed by atoms with Gasteiger partial charge >= 0.3 is 0 Å². The van der Waals surface area contributed by atoms with E-state index in [0.29, 0.717) is 6.42 Å². The first-order valence-electron chi connectivity index (χ1n) is 4.30. The normalized spacial score (nSPS) is 10.1. The molecule has 0 bridgehead atoms. The van der Waals surface area contributed by atoms with Crippen LogP contribution in [0.2, 0.25) is 0 Å². The summed E-state index contributed by atoms with van der Waals surface area (Å²) in [6, 6.07) is 0. The van der Waals surface area contributed by atoms with Gasteiger partial charge in [0.1, 0.15) is 0 Å². The van der Waals surface area contributed by atoms with E-state index in [1.165, 1.54) is 18.6 Å². The Morgan fingerprint density at radius 3 is 2.33 bits per heavy atom. The molecule has 0 saturated heterocycles. The summed E-state index contributed by atoms with van der Waals surface area (Å²) >= 11 is 0. The average molecular weight is 207 g/mol. The second-order valence-electron chi connectivity index (χ2n) is 2.57. The lowest BCUT2D eigenvalue weighted by Crippen LogP contribution is -2.09. The van der Waals surface area contributed by atoms with E-state index in [0.717, 1.165) is 12.2 Å². The Kier molecular flexibility index (Phi) is 9.39. The number of nitrogens with two attached hydrogens (primary N) is 1. The fourth-order valence-electron chi connectivity index (χ4n) is 0.626. The Bertz CT molecular complexity index is 120. The van der Waals surface area contributed by atoms with E-state index in [-0.39, 0.29) is 5.91 Å². The highest BCUT2D eigenvalue weighted by Gasteiger charge is 1.94. The summed E-state index contributed by atoms with van der Waals surface area (Å²) in [6.07, 6.45) is 3.99. The van der Waals surface area contributed by atoms with Crippen LogP contribution in [0, 0.1) is 0 Å². The second kappa shape index (κ2) is 9.26. The Labute approximate surface area is 82.4 Å². The fraction of sp³-hybridized carbons (Fsp3) is 0.875. The van der Waals surface area contributed by atoms with Crippen molar-refractivity contribution in [3.63, 3.8) is 0 Å². The molecule has 72 valence electrons. The number of carbonyl (C=O) groups is 1. The van der Waals surface area contributed by atoms with Gasteiger partial charge in [0, 0.05) is 17.9 Å². The van der Waals surface area contributed by atoms with E-state index in [2.05, 4.69) is 6.92 Å². The molecule has 0 unspecified atom stereocenters. The van der Waals surface area contributed by atoms with E-state index in [1.807, 2.05) is 21.6 Å². The highest BCUT2D eigenvalue weighted by atomic mass is 33.1. The number of primary amides is 1. The molecule has 0 aromatic carbocycles. The molecule has 0 radical (unpaired) electrons. The minimum Gasteiger partial charge on any atom is -0.370 e. The highest BCUT2D eigenvalue weighted by Crippen LogP contribution is 2.23. The minimum atomic E-state index is -0.186. The fourth-order valence-corrected chi connectivity index (χ4v) is 2.95. The monoisotopic (exact) mass is 207 g/mol. The molecule has 0 spiro atoms. The molecular weight excluding hydrogens is 190 g/mol. The number of hydrogen-bond acceptors (Lipinski definition) is 3. The first-order chi connectivity index (χ1) is 5.77. The number of carbonyl (C=O) groups excluding carboxylic acids is 1. The molecular formula is C8H17NOS2. The van der Waals surface area contributed by atoms with Gasteiger partial charge in [-0.15, -0.1) is 0 Å². The number of rotatable bonds is 8. The highest BCUT2D eigenvalue weighted by molar-refractivity contribution is 8.76. The molecule has 0 aliphatic carbocycles. The first-order valence-corrected chi connectivity index (χ1v) is 6.79. The lowest BCUT2D eigenvalue weighted by atomic mass is 10.3. The zero-order valence-corrected chi connectivity index (χ0v) is 9.18. The molecule has 0 aromatic heterocycles. The van der Waals surface area contributed by atoms with Gasteiger partial charge in [-0.25, -0.2) is 0 Å². The predicted octanol–water partition coefficient (Wildman–Crippen LogP) is 2.43. The minimum absolute atomic E-state index is 0.186. The molecule has 12 heavy (non-hydrogen) atoms. The van der Waals surface area contributed by atoms with Crippen LogP contribution in [0.25, 0.3) is 0 Å². The maximum absolute atomic E-state index is 10.3. The van der Waals surface area contributed by atoms with Crippen molar-refractivity contribution in [2.24, 2.45) is 5.73 Å². The van der Waals surface area contributed by atoms with Gasteiger partial charge in [0.05, 0.1) is 0 Å². The topological polar surface area (TPSA) is 43.1 Å². The van der Waals surface area contributed by atoms with Gasteiger partial charge in [-0.2, -0.15) is 0 Å². The zero-order valence-electron chi connectivity index (χ0n) is 7.54. The third-order valence-electron chi connectivity index (χ3n) is 1.32. The van der Waals surface area contributed by atoms with E-state index < -0.39 is 0 Å². The molecule has 0 aliphatic heterocycles. The predicted molar refractivity (Wildman–Crippen MR) is 58.3 cm³/mol. The molecule has 2 nitrogen and oxygen atoms in total. The molecule has 4 heteroatoms. The van der Waals surface area contributed by atoms with Crippen LogP contribution in [0.5, 0.6) is 0 Å². The molecule has 0 rings (SSSR count). The lowest BCUT2D eigenvalue weighted by Gasteiger charge is -1.98. The SMILES string of the molecule is CCCCSSCCCC(N)=O. The molecule has 0 aromatic rings. The maximum Gasteiger partial charge on any atom is 0.217 e. The summed E-state index contributed by atoms with van der Waals surface area (Å²) in [4.78, 5) is 10.3. The van der Waals surface area contributed by atoms with Crippen molar-refractivity contribution in [2.75, 3.05) is 11.5 Å². The molecule has 0 atom stereocenters. The van der Waals surface area contributed by atoms with Crippen LogP contribution in [-0.2, 0) is 4.79 Å². The Balaban J connectivity index is 2.86. The standard InChI is InChI=1S/C8H17NOS2/c1-2-3-6-11-12-7-4-5-8(9)10/h2-7H2,1H3,(H2,9,10). The van der Waals surface area contributed by atoms with Crippen LogP contribution in [0.4, 0.5) is 0 Å². The molecule has 0 heterocycles. The second-order valence-corrected chi connectivity index (χ2v) is 5.27. The van der Waals surface area contributed by atoms with E-state index in [1.54, 1.807) is 0 Å². The number of unbranched alkanes of at least 4 members (excludes halogenated alkanes) is 1. The van der Waals surface area contributed by atoms with Crippen LogP contribution < -0.4 is 5.73 Å². The first kappa shape index (κ1) is 12.2. The van der Waals surface area contributed by atoms with Crippen LogP contribution in [0.1, 0.15) is 32.6 Å². The summed E-state index contributed by atoms with van der Waals surface area (Å²) in [5.74, 6) is 2.07. The summed E-state index contributed by atoms with van der Waals surface area (Å²) < 4.78 is 0. The smallest absolute Gasteiger partial charge is 0.217 e. The Hall–Kier alpha value is 0.170. The maximum atomic E-state index is 10.3.